The summed E-state index contributed by atoms with van der Waals surface area (Å²) in [6.45, 7) is 4.74. The molecule has 4 heteroatoms. The molecule has 3 N–H and O–H groups in total. The molecule has 0 spiro atoms. The Morgan fingerprint density at radius 3 is 2.56 bits per heavy atom. The Kier molecular flexibility index (Phi) is 9.24. The molecule has 4 nitrogen and oxygen atoms in total. The Balaban J connectivity index is 3.94. The third-order valence-electron chi connectivity index (χ3n) is 2.74. The largest absolute Gasteiger partial charge is 0.481 e. The van der Waals surface area contributed by atoms with E-state index in [9.17, 15) is 4.79 Å². The third-order valence-corrected chi connectivity index (χ3v) is 2.74. The van der Waals surface area contributed by atoms with Crippen LogP contribution in [0, 0.1) is 5.92 Å². The van der Waals surface area contributed by atoms with Crippen LogP contribution in [0.15, 0.2) is 0 Å². The number of carbonyl (C=O) groups is 1. The molecule has 0 radical (unpaired) electrons. The smallest absolute Gasteiger partial charge is 0.308 e. The number of aliphatic carboxylic acids is 1. The van der Waals surface area contributed by atoms with Crippen molar-refractivity contribution in [2.45, 2.75) is 52.1 Å². The van der Waals surface area contributed by atoms with Crippen LogP contribution in [0.5, 0.6) is 0 Å². The first-order valence-corrected chi connectivity index (χ1v) is 6.18. The summed E-state index contributed by atoms with van der Waals surface area (Å²) in [5.41, 5.74) is 5.36. The van der Waals surface area contributed by atoms with Gasteiger partial charge in [-0.25, -0.2) is 0 Å². The first-order chi connectivity index (χ1) is 7.63. The lowest BCUT2D eigenvalue weighted by molar-refractivity contribution is -0.146. The summed E-state index contributed by atoms with van der Waals surface area (Å²) >= 11 is 0. The van der Waals surface area contributed by atoms with E-state index in [1.165, 1.54) is 12.8 Å². The van der Waals surface area contributed by atoms with E-state index >= 15 is 0 Å². The highest BCUT2D eigenvalue weighted by molar-refractivity contribution is 5.70. The van der Waals surface area contributed by atoms with Gasteiger partial charge in [-0.15, -0.1) is 0 Å². The van der Waals surface area contributed by atoms with Crippen LogP contribution in [0.4, 0.5) is 0 Å². The Bertz CT molecular complexity index is 185. The number of hydrogen-bond acceptors (Lipinski definition) is 3. The van der Waals surface area contributed by atoms with Crippen molar-refractivity contribution >= 4 is 5.97 Å². The predicted molar refractivity (Wildman–Crippen MR) is 64.4 cm³/mol. The number of hydrogen-bond donors (Lipinski definition) is 2. The second-order valence-electron chi connectivity index (χ2n) is 4.17. The molecule has 0 aromatic carbocycles. The van der Waals surface area contributed by atoms with Gasteiger partial charge < -0.3 is 15.6 Å². The molecule has 0 saturated heterocycles. The lowest BCUT2D eigenvalue weighted by Gasteiger charge is -2.21. The van der Waals surface area contributed by atoms with Gasteiger partial charge >= 0.3 is 5.97 Å². The van der Waals surface area contributed by atoms with E-state index in [0.29, 0.717) is 13.2 Å². The third kappa shape index (κ3) is 6.80. The van der Waals surface area contributed by atoms with Crippen molar-refractivity contribution in [3.8, 4) is 0 Å². The topological polar surface area (TPSA) is 72.5 Å². The van der Waals surface area contributed by atoms with E-state index < -0.39 is 11.9 Å². The van der Waals surface area contributed by atoms with Gasteiger partial charge in [0, 0.05) is 6.54 Å². The van der Waals surface area contributed by atoms with Crippen LogP contribution in [0.1, 0.15) is 46.0 Å². The van der Waals surface area contributed by atoms with Gasteiger partial charge in [-0.3, -0.25) is 4.79 Å². The normalized spacial score (nSPS) is 14.7. The summed E-state index contributed by atoms with van der Waals surface area (Å²) in [5, 5.41) is 8.94. The Labute approximate surface area is 98.2 Å². The maximum absolute atomic E-state index is 10.9. The van der Waals surface area contributed by atoms with Crippen molar-refractivity contribution in [3.05, 3.63) is 0 Å². The van der Waals surface area contributed by atoms with Crippen molar-refractivity contribution in [1.29, 1.82) is 0 Å². The molecular weight excluding hydrogens is 206 g/mol. The highest BCUT2D eigenvalue weighted by Gasteiger charge is 2.23. The molecule has 0 rings (SSSR count). The SMILES string of the molecule is CCCCCCC(OCCN)C(C)C(=O)O. The zero-order valence-electron chi connectivity index (χ0n) is 10.4. The molecule has 0 aliphatic rings. The number of rotatable bonds is 10. The number of nitrogens with two attached hydrogens (primary N) is 1. The molecule has 0 aromatic heterocycles. The minimum absolute atomic E-state index is 0.196. The zero-order chi connectivity index (χ0) is 12.4. The molecule has 0 amide bonds. The second-order valence-corrected chi connectivity index (χ2v) is 4.17. The number of ether oxygens (including phenoxy) is 1. The van der Waals surface area contributed by atoms with Crippen molar-refractivity contribution < 1.29 is 14.6 Å². The van der Waals surface area contributed by atoms with E-state index in [1.54, 1.807) is 6.92 Å². The van der Waals surface area contributed by atoms with Crippen LogP contribution in [0.2, 0.25) is 0 Å². The van der Waals surface area contributed by atoms with Crippen LogP contribution in [-0.4, -0.2) is 30.3 Å². The van der Waals surface area contributed by atoms with Crippen molar-refractivity contribution in [1.82, 2.24) is 0 Å². The second kappa shape index (κ2) is 9.60. The Hall–Kier alpha value is -0.610. The molecule has 0 saturated carbocycles. The quantitative estimate of drug-likeness (QED) is 0.564. The highest BCUT2D eigenvalue weighted by Crippen LogP contribution is 2.16. The molecule has 2 unspecified atom stereocenters. The average molecular weight is 231 g/mol. The summed E-state index contributed by atoms with van der Waals surface area (Å²) < 4.78 is 5.49. The van der Waals surface area contributed by atoms with Crippen molar-refractivity contribution in [2.75, 3.05) is 13.2 Å². The fourth-order valence-corrected chi connectivity index (χ4v) is 1.63. The van der Waals surface area contributed by atoms with Gasteiger partial charge in [-0.2, -0.15) is 0 Å². The zero-order valence-corrected chi connectivity index (χ0v) is 10.4. The standard InChI is InChI=1S/C12H25NO3/c1-3-4-5-6-7-11(16-9-8-13)10(2)12(14)15/h10-11H,3-9,13H2,1-2H3,(H,14,15). The number of unbranched alkanes of at least 4 members (excludes halogenated alkanes) is 3. The summed E-state index contributed by atoms with van der Waals surface area (Å²) in [6.07, 6.45) is 5.17. The van der Waals surface area contributed by atoms with Crippen LogP contribution >= 0.6 is 0 Å². The summed E-state index contributed by atoms with van der Waals surface area (Å²) in [7, 11) is 0. The molecule has 0 fully saturated rings. The van der Waals surface area contributed by atoms with E-state index in [1.807, 2.05) is 0 Å². The monoisotopic (exact) mass is 231 g/mol. The minimum Gasteiger partial charge on any atom is -0.481 e. The van der Waals surface area contributed by atoms with Gasteiger partial charge in [0.25, 0.3) is 0 Å². The number of carboxylic acid groups (broad SMARTS) is 1. The van der Waals surface area contributed by atoms with Crippen LogP contribution in [0.25, 0.3) is 0 Å². The summed E-state index contributed by atoms with van der Waals surface area (Å²) in [5.74, 6) is -1.24. The maximum atomic E-state index is 10.9. The average Bonchev–Trinajstić information content (AvgIpc) is 2.27. The molecule has 0 aliphatic carbocycles. The maximum Gasteiger partial charge on any atom is 0.308 e. The molecule has 16 heavy (non-hydrogen) atoms. The van der Waals surface area contributed by atoms with E-state index in [0.717, 1.165) is 19.3 Å². The highest BCUT2D eigenvalue weighted by atomic mass is 16.5. The van der Waals surface area contributed by atoms with Crippen molar-refractivity contribution in [3.63, 3.8) is 0 Å². The van der Waals surface area contributed by atoms with Crippen LogP contribution in [0.3, 0.4) is 0 Å². The summed E-state index contributed by atoms with van der Waals surface area (Å²) in [6, 6.07) is 0. The van der Waals surface area contributed by atoms with E-state index in [-0.39, 0.29) is 6.10 Å². The molecule has 0 heterocycles. The van der Waals surface area contributed by atoms with Gasteiger partial charge in [-0.1, -0.05) is 32.6 Å². The summed E-state index contributed by atoms with van der Waals surface area (Å²) in [4.78, 5) is 10.9. The first-order valence-electron chi connectivity index (χ1n) is 6.18. The molecule has 2 atom stereocenters. The molecule has 0 bridgehead atoms. The van der Waals surface area contributed by atoms with Gasteiger partial charge in [0.1, 0.15) is 0 Å². The molecular formula is C12H25NO3. The molecule has 0 aliphatic heterocycles. The van der Waals surface area contributed by atoms with E-state index in [4.69, 9.17) is 15.6 Å². The fraction of sp³-hybridized carbons (Fsp3) is 0.917. The first kappa shape index (κ1) is 15.4. The molecule has 0 aromatic rings. The van der Waals surface area contributed by atoms with Gasteiger partial charge in [0.15, 0.2) is 0 Å². The Morgan fingerprint density at radius 2 is 2.06 bits per heavy atom. The Morgan fingerprint density at radius 1 is 1.38 bits per heavy atom. The van der Waals surface area contributed by atoms with Gasteiger partial charge in [0.2, 0.25) is 0 Å². The van der Waals surface area contributed by atoms with Crippen LogP contribution < -0.4 is 5.73 Å². The van der Waals surface area contributed by atoms with Gasteiger partial charge in [0.05, 0.1) is 18.6 Å². The number of carboxylic acids is 1. The van der Waals surface area contributed by atoms with E-state index in [2.05, 4.69) is 6.92 Å². The lowest BCUT2D eigenvalue weighted by atomic mass is 9.98. The molecule has 96 valence electrons. The van der Waals surface area contributed by atoms with Gasteiger partial charge in [-0.05, 0) is 13.3 Å². The van der Waals surface area contributed by atoms with Crippen LogP contribution in [-0.2, 0) is 9.53 Å². The lowest BCUT2D eigenvalue weighted by Crippen LogP contribution is -2.30. The van der Waals surface area contributed by atoms with Crippen molar-refractivity contribution in [2.24, 2.45) is 11.7 Å². The minimum atomic E-state index is -0.794. The predicted octanol–water partition coefficient (Wildman–Crippen LogP) is 2.02. The fourth-order valence-electron chi connectivity index (χ4n) is 1.63.